The maximum Gasteiger partial charge on any atom is 0.200 e. The molecule has 1 fully saturated rings. The Bertz CT molecular complexity index is 686. The molecule has 0 N–H and O–H groups in total. The zero-order chi connectivity index (χ0) is 14.3. The van der Waals surface area contributed by atoms with E-state index in [-0.39, 0.29) is 17.1 Å². The van der Waals surface area contributed by atoms with Crippen LogP contribution < -0.4 is 5.43 Å². The lowest BCUT2D eigenvalue weighted by Gasteiger charge is -2.39. The number of benzene rings is 1. The van der Waals surface area contributed by atoms with Gasteiger partial charge in [0.2, 0.25) is 5.43 Å². The molecule has 0 radical (unpaired) electrons. The lowest BCUT2D eigenvalue weighted by molar-refractivity contribution is -0.274. The third kappa shape index (κ3) is 2.37. The van der Waals surface area contributed by atoms with Gasteiger partial charge in [-0.2, -0.15) is 0 Å². The van der Waals surface area contributed by atoms with Crippen LogP contribution in [0, 0.1) is 0 Å². The Morgan fingerprint density at radius 2 is 2.00 bits per heavy atom. The highest BCUT2D eigenvalue weighted by molar-refractivity contribution is 5.76. The molecule has 2 atom stereocenters. The third-order valence-corrected chi connectivity index (χ3v) is 3.52. The summed E-state index contributed by atoms with van der Waals surface area (Å²) >= 11 is 0. The Kier molecular flexibility index (Phi) is 3.15. The number of fused-ring (bicyclic) bond motifs is 1. The van der Waals surface area contributed by atoms with Gasteiger partial charge in [0, 0.05) is 6.42 Å². The van der Waals surface area contributed by atoms with Crippen LogP contribution in [0.4, 0.5) is 0 Å². The number of para-hydroxylation sites is 1. The molecule has 2 aromatic rings. The van der Waals surface area contributed by atoms with E-state index >= 15 is 0 Å². The minimum absolute atomic E-state index is 0.0367. The average Bonchev–Trinajstić information content (AvgIpc) is 2.37. The highest BCUT2D eigenvalue weighted by Gasteiger charge is 2.35. The normalized spacial score (nSPS) is 25.8. The van der Waals surface area contributed by atoms with Crippen LogP contribution in [0.5, 0.6) is 0 Å². The lowest BCUT2D eigenvalue weighted by atomic mass is 9.99. The van der Waals surface area contributed by atoms with Gasteiger partial charge in [0.05, 0.1) is 22.7 Å². The van der Waals surface area contributed by atoms with Crippen molar-refractivity contribution in [2.45, 2.75) is 45.2 Å². The fourth-order valence-electron chi connectivity index (χ4n) is 2.71. The topological polar surface area (TPSA) is 48.7 Å². The summed E-state index contributed by atoms with van der Waals surface area (Å²) in [6, 6.07) is 7.18. The highest BCUT2D eigenvalue weighted by Crippen LogP contribution is 2.34. The van der Waals surface area contributed by atoms with Crippen LogP contribution in [0.2, 0.25) is 0 Å². The van der Waals surface area contributed by atoms with Crippen molar-refractivity contribution in [2.75, 3.05) is 0 Å². The van der Waals surface area contributed by atoms with E-state index in [0.29, 0.717) is 16.5 Å². The van der Waals surface area contributed by atoms with Gasteiger partial charge in [-0.25, -0.2) is 0 Å². The molecule has 2 heterocycles. The predicted molar refractivity (Wildman–Crippen MR) is 75.6 cm³/mol. The molecule has 1 saturated heterocycles. The second kappa shape index (κ2) is 4.72. The molecule has 0 bridgehead atoms. The molecule has 1 aliphatic heterocycles. The van der Waals surface area contributed by atoms with Crippen LogP contribution in [-0.2, 0) is 9.47 Å². The first-order valence-corrected chi connectivity index (χ1v) is 6.80. The minimum atomic E-state index is -0.672. The standard InChI is InChI=1S/C16H18O4/c1-10-8-16(2,3)20-15(19-10)12-9-18-13-7-5-4-6-11(13)14(12)17/h4-7,9-10,15H,8H2,1-3H3/t10-,15-/m1/s1. The Hall–Kier alpha value is -1.65. The summed E-state index contributed by atoms with van der Waals surface area (Å²) in [5.74, 6) is 0. The van der Waals surface area contributed by atoms with Gasteiger partial charge in [0.1, 0.15) is 11.8 Å². The molecule has 0 unspecified atom stereocenters. The van der Waals surface area contributed by atoms with E-state index in [1.807, 2.05) is 32.9 Å². The molecule has 106 valence electrons. The van der Waals surface area contributed by atoms with Crippen LogP contribution in [0.25, 0.3) is 11.0 Å². The summed E-state index contributed by atoms with van der Waals surface area (Å²) in [5.41, 5.74) is 0.579. The molecule has 3 rings (SSSR count). The fraction of sp³-hybridized carbons (Fsp3) is 0.438. The summed E-state index contributed by atoms with van der Waals surface area (Å²) < 4.78 is 17.2. The summed E-state index contributed by atoms with van der Waals surface area (Å²) in [7, 11) is 0. The van der Waals surface area contributed by atoms with Crippen molar-refractivity contribution in [1.82, 2.24) is 0 Å². The summed E-state index contributed by atoms with van der Waals surface area (Å²) in [6.45, 7) is 5.99. The molecule has 1 aliphatic rings. The van der Waals surface area contributed by atoms with Gasteiger partial charge in [-0.15, -0.1) is 0 Å². The molecule has 0 saturated carbocycles. The summed E-state index contributed by atoms with van der Waals surface area (Å²) in [5, 5.41) is 0.549. The van der Waals surface area contributed by atoms with Crippen LogP contribution in [-0.4, -0.2) is 11.7 Å². The van der Waals surface area contributed by atoms with Crippen molar-refractivity contribution in [1.29, 1.82) is 0 Å². The zero-order valence-corrected chi connectivity index (χ0v) is 11.9. The Morgan fingerprint density at radius 3 is 2.75 bits per heavy atom. The van der Waals surface area contributed by atoms with E-state index < -0.39 is 6.29 Å². The Morgan fingerprint density at radius 1 is 1.25 bits per heavy atom. The maximum atomic E-state index is 12.5. The molecule has 1 aromatic carbocycles. The van der Waals surface area contributed by atoms with Crippen molar-refractivity contribution in [3.05, 3.63) is 46.3 Å². The van der Waals surface area contributed by atoms with E-state index in [9.17, 15) is 4.79 Å². The molecule has 1 aromatic heterocycles. The third-order valence-electron chi connectivity index (χ3n) is 3.52. The monoisotopic (exact) mass is 274 g/mol. The second-order valence-corrected chi connectivity index (χ2v) is 5.88. The smallest absolute Gasteiger partial charge is 0.200 e. The van der Waals surface area contributed by atoms with E-state index in [4.69, 9.17) is 13.9 Å². The number of hydrogen-bond acceptors (Lipinski definition) is 4. The average molecular weight is 274 g/mol. The Labute approximate surface area is 117 Å². The molecular formula is C16H18O4. The predicted octanol–water partition coefficient (Wildman–Crippen LogP) is 3.40. The van der Waals surface area contributed by atoms with Crippen molar-refractivity contribution in [2.24, 2.45) is 0 Å². The first-order chi connectivity index (χ1) is 9.46. The molecule has 4 nitrogen and oxygen atoms in total. The van der Waals surface area contributed by atoms with Crippen molar-refractivity contribution < 1.29 is 13.9 Å². The lowest BCUT2D eigenvalue weighted by Crippen LogP contribution is -2.40. The van der Waals surface area contributed by atoms with E-state index in [2.05, 4.69) is 0 Å². The minimum Gasteiger partial charge on any atom is -0.464 e. The number of rotatable bonds is 1. The number of hydrogen-bond donors (Lipinski definition) is 0. The summed E-state index contributed by atoms with van der Waals surface area (Å²) in [6.07, 6.45) is 1.61. The first-order valence-electron chi connectivity index (χ1n) is 6.80. The molecular weight excluding hydrogens is 256 g/mol. The van der Waals surface area contributed by atoms with Crippen LogP contribution >= 0.6 is 0 Å². The van der Waals surface area contributed by atoms with Gasteiger partial charge in [-0.3, -0.25) is 4.79 Å². The maximum absolute atomic E-state index is 12.5. The van der Waals surface area contributed by atoms with Gasteiger partial charge in [0.25, 0.3) is 0 Å². The van der Waals surface area contributed by atoms with E-state index in [1.165, 1.54) is 6.26 Å². The van der Waals surface area contributed by atoms with Crippen molar-refractivity contribution >= 4 is 11.0 Å². The molecule has 0 amide bonds. The number of ether oxygens (including phenoxy) is 2. The van der Waals surface area contributed by atoms with Crippen LogP contribution in [0.3, 0.4) is 0 Å². The quantitative estimate of drug-likeness (QED) is 0.799. The Balaban J connectivity index is 2.06. The molecule has 20 heavy (non-hydrogen) atoms. The largest absolute Gasteiger partial charge is 0.464 e. The van der Waals surface area contributed by atoms with E-state index in [1.54, 1.807) is 12.1 Å². The molecule has 4 heteroatoms. The fourth-order valence-corrected chi connectivity index (χ4v) is 2.71. The van der Waals surface area contributed by atoms with Gasteiger partial charge >= 0.3 is 0 Å². The van der Waals surface area contributed by atoms with Gasteiger partial charge in [-0.1, -0.05) is 12.1 Å². The molecule has 0 aliphatic carbocycles. The van der Waals surface area contributed by atoms with E-state index in [0.717, 1.165) is 6.42 Å². The second-order valence-electron chi connectivity index (χ2n) is 5.88. The van der Waals surface area contributed by atoms with Gasteiger partial charge in [0.15, 0.2) is 6.29 Å². The van der Waals surface area contributed by atoms with Crippen LogP contribution in [0.15, 0.2) is 39.7 Å². The van der Waals surface area contributed by atoms with Crippen molar-refractivity contribution in [3.8, 4) is 0 Å². The first kappa shape index (κ1) is 13.3. The van der Waals surface area contributed by atoms with Gasteiger partial charge < -0.3 is 13.9 Å². The van der Waals surface area contributed by atoms with Gasteiger partial charge in [-0.05, 0) is 32.9 Å². The molecule has 0 spiro atoms. The SMILES string of the molecule is C[C@@H]1CC(C)(C)O[C@H](c2coc3ccccc3c2=O)O1. The van der Waals surface area contributed by atoms with Crippen LogP contribution in [0.1, 0.15) is 39.0 Å². The van der Waals surface area contributed by atoms with Crippen molar-refractivity contribution in [3.63, 3.8) is 0 Å². The highest BCUT2D eigenvalue weighted by atomic mass is 16.7. The zero-order valence-electron chi connectivity index (χ0n) is 11.9. The summed E-state index contributed by atoms with van der Waals surface area (Å²) in [4.78, 5) is 12.5.